The van der Waals surface area contributed by atoms with Crippen molar-refractivity contribution in [1.82, 2.24) is 4.98 Å². The number of carbonyl (C=O) groups is 2. The number of benzene rings is 1. The number of aromatic nitrogens is 1. The summed E-state index contributed by atoms with van der Waals surface area (Å²) in [5.41, 5.74) is 2.35. The van der Waals surface area contributed by atoms with Crippen LogP contribution in [0.15, 0.2) is 48.7 Å². The van der Waals surface area contributed by atoms with E-state index in [2.05, 4.69) is 10.3 Å². The zero-order valence-electron chi connectivity index (χ0n) is 13.2. The van der Waals surface area contributed by atoms with E-state index in [1.807, 2.05) is 36.4 Å². The normalized spacial score (nSPS) is 23.0. The summed E-state index contributed by atoms with van der Waals surface area (Å²) in [6.45, 7) is 1.77. The molecule has 1 aliphatic rings. The molecule has 1 aromatic carbocycles. The molecule has 124 valence electrons. The Labute approximate surface area is 139 Å². The van der Waals surface area contributed by atoms with Gasteiger partial charge in [0, 0.05) is 5.56 Å². The van der Waals surface area contributed by atoms with Gasteiger partial charge >= 0.3 is 5.97 Å². The number of ether oxygens (including phenoxy) is 1. The standard InChI is InChI=1S/C18H18N2O4/c1-11-9-15(24-16(11)18(22)23)17(21)20-13-7-8-14(19-10-13)12-5-3-2-4-6-12/h2-8,10-11,15-16H,9H2,1H3,(H,20,21)(H,22,23)/t11-,15-,16-/m1/s1. The zero-order valence-corrected chi connectivity index (χ0v) is 13.2. The van der Waals surface area contributed by atoms with Crippen LogP contribution >= 0.6 is 0 Å². The maximum Gasteiger partial charge on any atom is 0.333 e. The number of pyridine rings is 1. The Balaban J connectivity index is 1.64. The van der Waals surface area contributed by atoms with Gasteiger partial charge in [-0.2, -0.15) is 0 Å². The van der Waals surface area contributed by atoms with Crippen LogP contribution in [0.2, 0.25) is 0 Å². The monoisotopic (exact) mass is 326 g/mol. The van der Waals surface area contributed by atoms with Crippen molar-refractivity contribution in [3.8, 4) is 11.3 Å². The average Bonchev–Trinajstić information content (AvgIpc) is 2.99. The van der Waals surface area contributed by atoms with Gasteiger partial charge in [-0.25, -0.2) is 4.79 Å². The van der Waals surface area contributed by atoms with Crippen LogP contribution in [0.25, 0.3) is 11.3 Å². The van der Waals surface area contributed by atoms with Gasteiger partial charge in [-0.3, -0.25) is 9.78 Å². The van der Waals surface area contributed by atoms with Crippen molar-refractivity contribution in [3.63, 3.8) is 0 Å². The molecule has 0 aliphatic carbocycles. The minimum absolute atomic E-state index is 0.197. The summed E-state index contributed by atoms with van der Waals surface area (Å²) in [6.07, 6.45) is 0.278. The molecule has 6 nitrogen and oxygen atoms in total. The lowest BCUT2D eigenvalue weighted by Gasteiger charge is -2.12. The van der Waals surface area contributed by atoms with E-state index in [4.69, 9.17) is 9.84 Å². The van der Waals surface area contributed by atoms with Crippen LogP contribution in [0.3, 0.4) is 0 Å². The van der Waals surface area contributed by atoms with Gasteiger partial charge in [0.05, 0.1) is 17.6 Å². The van der Waals surface area contributed by atoms with Crippen LogP contribution in [0.5, 0.6) is 0 Å². The number of carboxylic acid groups (broad SMARTS) is 1. The smallest absolute Gasteiger partial charge is 0.333 e. The summed E-state index contributed by atoms with van der Waals surface area (Å²) in [5, 5.41) is 11.8. The number of anilines is 1. The molecule has 6 heteroatoms. The third-order valence-electron chi connectivity index (χ3n) is 4.05. The minimum atomic E-state index is -1.04. The molecule has 2 N–H and O–H groups in total. The van der Waals surface area contributed by atoms with Crippen LogP contribution in [0.4, 0.5) is 5.69 Å². The fourth-order valence-corrected chi connectivity index (χ4v) is 2.77. The van der Waals surface area contributed by atoms with Crippen molar-refractivity contribution in [3.05, 3.63) is 48.7 Å². The second kappa shape index (κ2) is 6.80. The van der Waals surface area contributed by atoms with Gasteiger partial charge < -0.3 is 15.2 Å². The molecular weight excluding hydrogens is 308 g/mol. The van der Waals surface area contributed by atoms with Crippen molar-refractivity contribution in [2.45, 2.75) is 25.6 Å². The molecule has 0 spiro atoms. The van der Waals surface area contributed by atoms with Gasteiger partial charge in [-0.1, -0.05) is 37.3 Å². The SMILES string of the molecule is C[C@@H]1C[C@H](C(=O)Nc2ccc(-c3ccccc3)nc2)O[C@H]1C(=O)O. The molecule has 1 aliphatic heterocycles. The van der Waals surface area contributed by atoms with Crippen molar-refractivity contribution in [1.29, 1.82) is 0 Å². The highest BCUT2D eigenvalue weighted by Gasteiger charge is 2.40. The minimum Gasteiger partial charge on any atom is -0.479 e. The third-order valence-corrected chi connectivity index (χ3v) is 4.05. The number of amides is 1. The summed E-state index contributed by atoms with van der Waals surface area (Å²) in [4.78, 5) is 27.6. The van der Waals surface area contributed by atoms with Gasteiger partial charge in [0.15, 0.2) is 6.10 Å². The second-order valence-electron chi connectivity index (χ2n) is 5.88. The first-order chi connectivity index (χ1) is 11.5. The molecule has 3 rings (SSSR count). The molecule has 0 saturated carbocycles. The molecule has 0 unspecified atom stereocenters. The third kappa shape index (κ3) is 3.44. The number of hydrogen-bond acceptors (Lipinski definition) is 4. The molecule has 1 amide bonds. The van der Waals surface area contributed by atoms with E-state index in [1.54, 1.807) is 19.2 Å². The molecule has 1 saturated heterocycles. The van der Waals surface area contributed by atoms with Crippen LogP contribution in [-0.4, -0.2) is 34.2 Å². The topological polar surface area (TPSA) is 88.5 Å². The molecule has 0 bridgehead atoms. The fourth-order valence-electron chi connectivity index (χ4n) is 2.77. The van der Waals surface area contributed by atoms with E-state index < -0.39 is 18.2 Å². The zero-order chi connectivity index (χ0) is 17.1. The fraction of sp³-hybridized carbons (Fsp3) is 0.278. The Hall–Kier alpha value is -2.73. The second-order valence-corrected chi connectivity index (χ2v) is 5.88. The highest BCUT2D eigenvalue weighted by Crippen LogP contribution is 2.27. The van der Waals surface area contributed by atoms with Crippen LogP contribution in [0, 0.1) is 5.92 Å². The van der Waals surface area contributed by atoms with Crippen molar-refractivity contribution in [2.75, 3.05) is 5.32 Å². The quantitative estimate of drug-likeness (QED) is 0.901. The Morgan fingerprint density at radius 3 is 2.54 bits per heavy atom. The van der Waals surface area contributed by atoms with E-state index in [-0.39, 0.29) is 11.8 Å². The summed E-state index contributed by atoms with van der Waals surface area (Å²) in [7, 11) is 0. The molecule has 2 aromatic rings. The molecule has 1 aromatic heterocycles. The van der Waals surface area contributed by atoms with Gasteiger partial charge in [0.1, 0.15) is 6.10 Å². The van der Waals surface area contributed by atoms with Crippen molar-refractivity contribution < 1.29 is 19.4 Å². The molecule has 24 heavy (non-hydrogen) atoms. The van der Waals surface area contributed by atoms with Crippen molar-refractivity contribution >= 4 is 17.6 Å². The van der Waals surface area contributed by atoms with E-state index in [1.165, 1.54) is 0 Å². The number of aliphatic carboxylic acids is 1. The van der Waals surface area contributed by atoms with Crippen LogP contribution in [-0.2, 0) is 14.3 Å². The Morgan fingerprint density at radius 1 is 1.21 bits per heavy atom. The van der Waals surface area contributed by atoms with Gasteiger partial charge in [-0.15, -0.1) is 0 Å². The maximum atomic E-state index is 12.2. The molecule has 0 radical (unpaired) electrons. The van der Waals surface area contributed by atoms with Crippen LogP contribution < -0.4 is 5.32 Å². The van der Waals surface area contributed by atoms with E-state index in [0.717, 1.165) is 11.3 Å². The summed E-state index contributed by atoms with van der Waals surface area (Å²) in [6, 6.07) is 13.3. The first kappa shape index (κ1) is 16.1. The first-order valence-corrected chi connectivity index (χ1v) is 7.75. The van der Waals surface area contributed by atoms with Crippen LogP contribution in [0.1, 0.15) is 13.3 Å². The molecule has 3 atom stereocenters. The highest BCUT2D eigenvalue weighted by atomic mass is 16.5. The predicted molar refractivity (Wildman–Crippen MR) is 88.4 cm³/mol. The maximum absolute atomic E-state index is 12.2. The van der Waals surface area contributed by atoms with Gasteiger partial charge in [-0.05, 0) is 24.5 Å². The first-order valence-electron chi connectivity index (χ1n) is 7.75. The molecular formula is C18H18N2O4. The van der Waals surface area contributed by atoms with Gasteiger partial charge in [0.2, 0.25) is 0 Å². The van der Waals surface area contributed by atoms with Gasteiger partial charge in [0.25, 0.3) is 5.91 Å². The number of hydrogen-bond donors (Lipinski definition) is 2. The predicted octanol–water partition coefficient (Wildman–Crippen LogP) is 2.57. The number of carboxylic acids is 1. The number of carbonyl (C=O) groups excluding carboxylic acids is 1. The Kier molecular flexibility index (Phi) is 4.57. The molecule has 1 fully saturated rings. The number of rotatable bonds is 4. The highest BCUT2D eigenvalue weighted by molar-refractivity contribution is 5.94. The largest absolute Gasteiger partial charge is 0.479 e. The van der Waals surface area contributed by atoms with E-state index >= 15 is 0 Å². The summed E-state index contributed by atoms with van der Waals surface area (Å²) < 4.78 is 5.33. The van der Waals surface area contributed by atoms with E-state index in [9.17, 15) is 9.59 Å². The average molecular weight is 326 g/mol. The molecule has 2 heterocycles. The number of nitrogens with zero attached hydrogens (tertiary/aromatic N) is 1. The lowest BCUT2D eigenvalue weighted by atomic mass is 10.0. The summed E-state index contributed by atoms with van der Waals surface area (Å²) >= 11 is 0. The van der Waals surface area contributed by atoms with Crippen molar-refractivity contribution in [2.24, 2.45) is 5.92 Å². The lowest BCUT2D eigenvalue weighted by Crippen LogP contribution is -2.30. The Morgan fingerprint density at radius 2 is 1.96 bits per heavy atom. The number of nitrogens with one attached hydrogen (secondary N) is 1. The lowest BCUT2D eigenvalue weighted by molar-refractivity contribution is -0.152. The van der Waals surface area contributed by atoms with E-state index in [0.29, 0.717) is 12.1 Å². The summed E-state index contributed by atoms with van der Waals surface area (Å²) in [5.74, 6) is -1.58. The Bertz CT molecular complexity index is 730.